The Labute approximate surface area is 150 Å². The maximum absolute atomic E-state index is 11.9. The molecule has 1 amide bonds. The number of hydrogen-bond acceptors (Lipinski definition) is 3. The molecular formula is C21H29NO3. The van der Waals surface area contributed by atoms with E-state index in [9.17, 15) is 9.59 Å². The summed E-state index contributed by atoms with van der Waals surface area (Å²) in [5.41, 5.74) is 3.31. The predicted molar refractivity (Wildman–Crippen MR) is 101 cm³/mol. The molecule has 1 aromatic carbocycles. The van der Waals surface area contributed by atoms with E-state index in [2.05, 4.69) is 46.9 Å². The maximum Gasteiger partial charge on any atom is 0.308 e. The first-order valence-corrected chi connectivity index (χ1v) is 8.76. The molecule has 0 bridgehead atoms. The number of benzene rings is 1. The predicted octanol–water partition coefficient (Wildman–Crippen LogP) is 4.11. The molecule has 1 aromatic rings. The first-order chi connectivity index (χ1) is 11.4. The zero-order valence-electron chi connectivity index (χ0n) is 16.4. The monoisotopic (exact) mass is 343 g/mol. The van der Waals surface area contributed by atoms with Crippen LogP contribution >= 0.6 is 0 Å². The van der Waals surface area contributed by atoms with Crippen LogP contribution in [0.1, 0.15) is 71.6 Å². The van der Waals surface area contributed by atoms with Gasteiger partial charge in [-0.25, -0.2) is 0 Å². The van der Waals surface area contributed by atoms with Crippen molar-refractivity contribution < 1.29 is 14.3 Å². The summed E-state index contributed by atoms with van der Waals surface area (Å²) in [5.74, 6) is 0.321. The smallest absolute Gasteiger partial charge is 0.308 e. The number of amides is 1. The Bertz CT molecular complexity index is 695. The average molecular weight is 343 g/mol. The molecule has 4 heteroatoms. The van der Waals surface area contributed by atoms with E-state index in [-0.39, 0.29) is 22.7 Å². The minimum absolute atomic E-state index is 0.00122. The molecule has 0 aliphatic carbocycles. The Balaban J connectivity index is 2.72. The number of rotatable bonds is 2. The molecule has 1 aliphatic heterocycles. The number of esters is 1. The summed E-state index contributed by atoms with van der Waals surface area (Å²) in [7, 11) is 0. The molecule has 1 aliphatic rings. The van der Waals surface area contributed by atoms with Crippen molar-refractivity contribution in [3.8, 4) is 5.75 Å². The number of ether oxygens (including phenoxy) is 1. The van der Waals surface area contributed by atoms with E-state index in [0.29, 0.717) is 12.3 Å². The van der Waals surface area contributed by atoms with E-state index in [1.54, 1.807) is 0 Å². The number of hydrogen-bond donors (Lipinski definition) is 1. The van der Waals surface area contributed by atoms with E-state index in [4.69, 9.17) is 4.74 Å². The van der Waals surface area contributed by atoms with E-state index in [1.807, 2.05) is 18.2 Å². The average Bonchev–Trinajstić information content (AvgIpc) is 2.82. The van der Waals surface area contributed by atoms with Gasteiger partial charge in [-0.15, -0.1) is 0 Å². The van der Waals surface area contributed by atoms with Gasteiger partial charge in [-0.2, -0.15) is 0 Å². The molecule has 1 saturated heterocycles. The van der Waals surface area contributed by atoms with Crippen LogP contribution in [0.15, 0.2) is 17.7 Å². The first-order valence-electron chi connectivity index (χ1n) is 8.76. The minimum Gasteiger partial charge on any atom is -0.426 e. The quantitative estimate of drug-likeness (QED) is 0.499. The van der Waals surface area contributed by atoms with Gasteiger partial charge in [-0.05, 0) is 41.0 Å². The van der Waals surface area contributed by atoms with Gasteiger partial charge in [0.2, 0.25) is 5.91 Å². The summed E-state index contributed by atoms with van der Waals surface area (Å²) in [5, 5.41) is 2.84. The summed E-state index contributed by atoms with van der Waals surface area (Å²) < 4.78 is 5.64. The highest BCUT2D eigenvalue weighted by Gasteiger charge is 2.29. The van der Waals surface area contributed by atoms with Crippen LogP contribution in [-0.4, -0.2) is 18.4 Å². The van der Waals surface area contributed by atoms with Gasteiger partial charge < -0.3 is 10.1 Å². The Kier molecular flexibility index (Phi) is 5.12. The molecular weight excluding hydrogens is 314 g/mol. The third-order valence-corrected chi connectivity index (χ3v) is 4.29. The van der Waals surface area contributed by atoms with Crippen LogP contribution in [0, 0.1) is 0 Å². The lowest BCUT2D eigenvalue weighted by Gasteiger charge is -2.29. The molecule has 1 N–H and O–H groups in total. The summed E-state index contributed by atoms with van der Waals surface area (Å²) >= 11 is 0. The first kappa shape index (κ1) is 19.2. The van der Waals surface area contributed by atoms with Crippen molar-refractivity contribution in [2.75, 3.05) is 6.54 Å². The van der Waals surface area contributed by atoms with Gasteiger partial charge in [0.15, 0.2) is 0 Å². The third-order valence-electron chi connectivity index (χ3n) is 4.29. The number of carbonyl (C=O) groups excluding carboxylic acids is 2. The van der Waals surface area contributed by atoms with Gasteiger partial charge in [0.1, 0.15) is 5.75 Å². The summed E-state index contributed by atoms with van der Waals surface area (Å²) in [6.07, 6.45) is 2.69. The lowest BCUT2D eigenvalue weighted by molar-refractivity contribution is -0.132. The third kappa shape index (κ3) is 4.50. The van der Waals surface area contributed by atoms with Crippen molar-refractivity contribution in [3.05, 3.63) is 34.4 Å². The molecule has 0 aromatic heterocycles. The molecule has 0 saturated carbocycles. The van der Waals surface area contributed by atoms with E-state index in [1.165, 1.54) is 6.92 Å². The van der Waals surface area contributed by atoms with Crippen molar-refractivity contribution in [2.24, 2.45) is 0 Å². The molecule has 136 valence electrons. The van der Waals surface area contributed by atoms with E-state index < -0.39 is 0 Å². The van der Waals surface area contributed by atoms with Crippen LogP contribution in [-0.2, 0) is 20.4 Å². The van der Waals surface area contributed by atoms with Gasteiger partial charge in [-0.3, -0.25) is 9.59 Å². The Morgan fingerprint density at radius 2 is 1.60 bits per heavy atom. The molecule has 0 spiro atoms. The summed E-state index contributed by atoms with van der Waals surface area (Å²) in [6, 6.07) is 4.07. The van der Waals surface area contributed by atoms with Gasteiger partial charge in [0, 0.05) is 30.2 Å². The number of nitrogens with one attached hydrogen (secondary N) is 1. The number of carbonyl (C=O) groups is 2. The molecule has 0 unspecified atom stereocenters. The largest absolute Gasteiger partial charge is 0.426 e. The molecule has 1 fully saturated rings. The molecule has 1 heterocycles. The second-order valence-corrected chi connectivity index (χ2v) is 8.71. The maximum atomic E-state index is 11.9. The summed E-state index contributed by atoms with van der Waals surface area (Å²) in [4.78, 5) is 23.6. The van der Waals surface area contributed by atoms with Crippen LogP contribution in [0.5, 0.6) is 5.75 Å². The van der Waals surface area contributed by atoms with E-state index in [0.717, 1.165) is 28.7 Å². The summed E-state index contributed by atoms with van der Waals surface area (Å²) in [6.45, 7) is 14.7. The zero-order chi connectivity index (χ0) is 19.0. The van der Waals surface area contributed by atoms with Gasteiger partial charge >= 0.3 is 5.97 Å². The van der Waals surface area contributed by atoms with Gasteiger partial charge in [0.25, 0.3) is 0 Å². The highest BCUT2D eigenvalue weighted by molar-refractivity contribution is 5.99. The van der Waals surface area contributed by atoms with Crippen LogP contribution in [0.25, 0.3) is 6.08 Å². The Morgan fingerprint density at radius 1 is 1.08 bits per heavy atom. The van der Waals surface area contributed by atoms with Crippen LogP contribution in [0.4, 0.5) is 0 Å². The zero-order valence-corrected chi connectivity index (χ0v) is 16.4. The highest BCUT2D eigenvalue weighted by Crippen LogP contribution is 2.41. The van der Waals surface area contributed by atoms with Crippen LogP contribution < -0.4 is 10.1 Å². The molecule has 4 nitrogen and oxygen atoms in total. The Morgan fingerprint density at radius 3 is 1.96 bits per heavy atom. The second-order valence-electron chi connectivity index (χ2n) is 8.71. The molecule has 0 radical (unpaired) electrons. The van der Waals surface area contributed by atoms with Crippen molar-refractivity contribution in [3.63, 3.8) is 0 Å². The SMILES string of the molecule is CC(=O)Oc1c(C(C)(C)C)cc(/C=C2/CCNC2=O)cc1C(C)(C)C. The Hall–Kier alpha value is -2.10. The molecule has 0 atom stereocenters. The fraction of sp³-hybridized carbons (Fsp3) is 0.524. The molecule has 25 heavy (non-hydrogen) atoms. The fourth-order valence-electron chi connectivity index (χ4n) is 2.98. The fourth-order valence-corrected chi connectivity index (χ4v) is 2.98. The van der Waals surface area contributed by atoms with Gasteiger partial charge in [-0.1, -0.05) is 41.5 Å². The van der Waals surface area contributed by atoms with Crippen LogP contribution in [0.3, 0.4) is 0 Å². The van der Waals surface area contributed by atoms with Crippen molar-refractivity contribution in [1.29, 1.82) is 0 Å². The van der Waals surface area contributed by atoms with Gasteiger partial charge in [0.05, 0.1) is 0 Å². The lowest BCUT2D eigenvalue weighted by atomic mass is 9.78. The standard InChI is InChI=1S/C21H29NO3/c1-13(23)25-18-16(20(2,3)4)11-14(12-17(18)21(5,6)7)10-15-8-9-22-19(15)24/h10-12H,8-9H2,1-7H3,(H,22,24)/b15-10-. The van der Waals surface area contributed by atoms with Crippen LogP contribution in [0.2, 0.25) is 0 Å². The van der Waals surface area contributed by atoms with E-state index >= 15 is 0 Å². The van der Waals surface area contributed by atoms with Crippen molar-refractivity contribution in [2.45, 2.75) is 65.7 Å². The lowest BCUT2D eigenvalue weighted by Crippen LogP contribution is -2.21. The molecule has 2 rings (SSSR count). The van der Waals surface area contributed by atoms with Crippen molar-refractivity contribution >= 4 is 18.0 Å². The normalized spacial score (nSPS) is 16.9. The highest BCUT2D eigenvalue weighted by atomic mass is 16.5. The topological polar surface area (TPSA) is 55.4 Å². The minimum atomic E-state index is -0.322. The van der Waals surface area contributed by atoms with Crippen molar-refractivity contribution in [1.82, 2.24) is 5.32 Å². The second kappa shape index (κ2) is 6.66.